The van der Waals surface area contributed by atoms with Crippen LogP contribution in [0.15, 0.2) is 18.2 Å². The van der Waals surface area contributed by atoms with Crippen LogP contribution in [-0.4, -0.2) is 36.3 Å². The summed E-state index contributed by atoms with van der Waals surface area (Å²) in [4.78, 5) is 26.3. The van der Waals surface area contributed by atoms with Crippen LogP contribution >= 0.6 is 0 Å². The monoisotopic (exact) mass is 289 g/mol. The molecular weight excluding hydrogens is 266 g/mol. The standard InChI is InChI=1S/C16H23N3O2/c1-11(10-17)15(20)18-14-7-5-6-13(12(14)2)16(21)19-8-3-4-9-19/h5-7,11H,3-4,8-10,17H2,1-2H3,(H,18,20). The van der Waals surface area contributed by atoms with Crippen molar-refractivity contribution in [1.29, 1.82) is 0 Å². The van der Waals surface area contributed by atoms with Crippen molar-refractivity contribution in [1.82, 2.24) is 4.90 Å². The lowest BCUT2D eigenvalue weighted by Gasteiger charge is -2.19. The Morgan fingerprint density at radius 1 is 1.33 bits per heavy atom. The van der Waals surface area contributed by atoms with Crippen LogP contribution in [0.5, 0.6) is 0 Å². The highest BCUT2D eigenvalue weighted by molar-refractivity contribution is 5.99. The van der Waals surface area contributed by atoms with Gasteiger partial charge in [0, 0.05) is 36.8 Å². The zero-order valence-electron chi connectivity index (χ0n) is 12.7. The Bertz CT molecular complexity index is 536. The maximum atomic E-state index is 12.5. The normalized spacial score (nSPS) is 15.9. The first-order valence-corrected chi connectivity index (χ1v) is 7.44. The van der Waals surface area contributed by atoms with E-state index in [0.29, 0.717) is 17.8 Å². The van der Waals surface area contributed by atoms with E-state index in [1.54, 1.807) is 13.0 Å². The number of nitrogens with one attached hydrogen (secondary N) is 1. The molecular formula is C16H23N3O2. The van der Waals surface area contributed by atoms with Gasteiger partial charge in [0.2, 0.25) is 5.91 Å². The molecule has 5 nitrogen and oxygen atoms in total. The van der Waals surface area contributed by atoms with Gasteiger partial charge in [0.05, 0.1) is 0 Å². The van der Waals surface area contributed by atoms with Gasteiger partial charge in [0.25, 0.3) is 5.91 Å². The number of carbonyl (C=O) groups is 2. The average molecular weight is 289 g/mol. The van der Waals surface area contributed by atoms with Crippen molar-refractivity contribution < 1.29 is 9.59 Å². The summed E-state index contributed by atoms with van der Waals surface area (Å²) in [6.45, 7) is 5.59. The largest absolute Gasteiger partial charge is 0.339 e. The van der Waals surface area contributed by atoms with E-state index in [1.807, 2.05) is 24.0 Å². The molecule has 1 aromatic rings. The quantitative estimate of drug-likeness (QED) is 0.887. The van der Waals surface area contributed by atoms with Gasteiger partial charge in [-0.2, -0.15) is 0 Å². The summed E-state index contributed by atoms with van der Waals surface area (Å²) in [7, 11) is 0. The Morgan fingerprint density at radius 3 is 2.62 bits per heavy atom. The van der Waals surface area contributed by atoms with Crippen molar-refractivity contribution in [3.8, 4) is 0 Å². The number of carbonyl (C=O) groups excluding carboxylic acids is 2. The van der Waals surface area contributed by atoms with E-state index in [4.69, 9.17) is 5.73 Å². The molecule has 1 aliphatic rings. The van der Waals surface area contributed by atoms with Gasteiger partial charge < -0.3 is 16.0 Å². The Balaban J connectivity index is 2.19. The second-order valence-corrected chi connectivity index (χ2v) is 5.60. The summed E-state index contributed by atoms with van der Waals surface area (Å²) in [6, 6.07) is 5.44. The van der Waals surface area contributed by atoms with E-state index < -0.39 is 0 Å². The molecule has 1 atom stereocenters. The van der Waals surface area contributed by atoms with Crippen LogP contribution in [0.2, 0.25) is 0 Å². The molecule has 114 valence electrons. The lowest BCUT2D eigenvalue weighted by molar-refractivity contribution is -0.119. The molecule has 1 unspecified atom stereocenters. The van der Waals surface area contributed by atoms with Crippen molar-refractivity contribution in [3.05, 3.63) is 29.3 Å². The summed E-state index contributed by atoms with van der Waals surface area (Å²) in [6.07, 6.45) is 2.13. The fourth-order valence-corrected chi connectivity index (χ4v) is 2.46. The van der Waals surface area contributed by atoms with Crippen molar-refractivity contribution >= 4 is 17.5 Å². The third-order valence-corrected chi connectivity index (χ3v) is 4.02. The molecule has 0 aliphatic carbocycles. The van der Waals surface area contributed by atoms with E-state index in [2.05, 4.69) is 5.32 Å². The Hall–Kier alpha value is -1.88. The smallest absolute Gasteiger partial charge is 0.254 e. The van der Waals surface area contributed by atoms with Crippen LogP contribution in [0.4, 0.5) is 5.69 Å². The number of benzene rings is 1. The lowest BCUT2D eigenvalue weighted by Crippen LogP contribution is -2.29. The fourth-order valence-electron chi connectivity index (χ4n) is 2.46. The van der Waals surface area contributed by atoms with Gasteiger partial charge >= 0.3 is 0 Å². The minimum Gasteiger partial charge on any atom is -0.339 e. The minimum absolute atomic E-state index is 0.0490. The number of hydrogen-bond donors (Lipinski definition) is 2. The predicted molar refractivity (Wildman–Crippen MR) is 83.2 cm³/mol. The van der Waals surface area contributed by atoms with E-state index in [-0.39, 0.29) is 17.7 Å². The van der Waals surface area contributed by atoms with Gasteiger partial charge in [-0.05, 0) is 37.5 Å². The first kappa shape index (κ1) is 15.5. The van der Waals surface area contributed by atoms with Crippen molar-refractivity contribution in [2.24, 2.45) is 11.7 Å². The van der Waals surface area contributed by atoms with Crippen LogP contribution in [0.25, 0.3) is 0 Å². The fraction of sp³-hybridized carbons (Fsp3) is 0.500. The molecule has 0 radical (unpaired) electrons. The van der Waals surface area contributed by atoms with E-state index >= 15 is 0 Å². The first-order chi connectivity index (χ1) is 10.0. The van der Waals surface area contributed by atoms with Crippen LogP contribution in [0.1, 0.15) is 35.7 Å². The molecule has 1 aliphatic heterocycles. The maximum absolute atomic E-state index is 12.5. The molecule has 0 aromatic heterocycles. The van der Waals surface area contributed by atoms with E-state index in [1.165, 1.54) is 0 Å². The van der Waals surface area contributed by atoms with Crippen LogP contribution < -0.4 is 11.1 Å². The first-order valence-electron chi connectivity index (χ1n) is 7.44. The second-order valence-electron chi connectivity index (χ2n) is 5.60. The lowest BCUT2D eigenvalue weighted by atomic mass is 10.0. The molecule has 1 heterocycles. The van der Waals surface area contributed by atoms with E-state index in [0.717, 1.165) is 31.5 Å². The summed E-state index contributed by atoms with van der Waals surface area (Å²) in [5, 5.41) is 2.86. The Labute approximate surface area is 125 Å². The summed E-state index contributed by atoms with van der Waals surface area (Å²) < 4.78 is 0. The number of likely N-dealkylation sites (tertiary alicyclic amines) is 1. The molecule has 2 amide bonds. The topological polar surface area (TPSA) is 75.4 Å². The van der Waals surface area contributed by atoms with E-state index in [9.17, 15) is 9.59 Å². The molecule has 0 bridgehead atoms. The molecule has 0 saturated carbocycles. The second kappa shape index (κ2) is 6.72. The van der Waals surface area contributed by atoms with Crippen molar-refractivity contribution in [2.75, 3.05) is 25.0 Å². The van der Waals surface area contributed by atoms with Crippen molar-refractivity contribution in [3.63, 3.8) is 0 Å². The third kappa shape index (κ3) is 3.42. The third-order valence-electron chi connectivity index (χ3n) is 4.02. The average Bonchev–Trinajstić information content (AvgIpc) is 3.02. The highest BCUT2D eigenvalue weighted by Gasteiger charge is 2.22. The number of rotatable bonds is 4. The zero-order chi connectivity index (χ0) is 15.4. The summed E-state index contributed by atoms with van der Waals surface area (Å²) in [5.74, 6) is -0.318. The van der Waals surface area contributed by atoms with Crippen LogP contribution in [0.3, 0.4) is 0 Å². The molecule has 21 heavy (non-hydrogen) atoms. The van der Waals surface area contributed by atoms with Gasteiger partial charge in [-0.3, -0.25) is 9.59 Å². The number of nitrogens with two attached hydrogens (primary N) is 1. The number of hydrogen-bond acceptors (Lipinski definition) is 3. The Kier molecular flexibility index (Phi) is 4.96. The maximum Gasteiger partial charge on any atom is 0.254 e. The zero-order valence-corrected chi connectivity index (χ0v) is 12.7. The van der Waals surface area contributed by atoms with Gasteiger partial charge in [-0.1, -0.05) is 13.0 Å². The molecule has 1 saturated heterocycles. The molecule has 0 spiro atoms. The molecule has 5 heteroatoms. The molecule has 2 rings (SSSR count). The molecule has 3 N–H and O–H groups in total. The summed E-state index contributed by atoms with van der Waals surface area (Å²) in [5.41, 5.74) is 7.66. The highest BCUT2D eigenvalue weighted by Crippen LogP contribution is 2.22. The minimum atomic E-state index is -0.248. The van der Waals surface area contributed by atoms with Gasteiger partial charge in [-0.15, -0.1) is 0 Å². The number of amides is 2. The predicted octanol–water partition coefficient (Wildman–Crippen LogP) is 1.76. The van der Waals surface area contributed by atoms with Gasteiger partial charge in [0.15, 0.2) is 0 Å². The number of nitrogens with zero attached hydrogens (tertiary/aromatic N) is 1. The van der Waals surface area contributed by atoms with Gasteiger partial charge in [0.1, 0.15) is 0 Å². The molecule has 1 fully saturated rings. The number of anilines is 1. The van der Waals surface area contributed by atoms with Crippen molar-refractivity contribution in [2.45, 2.75) is 26.7 Å². The van der Waals surface area contributed by atoms with Crippen LogP contribution in [0, 0.1) is 12.8 Å². The highest BCUT2D eigenvalue weighted by atomic mass is 16.2. The Morgan fingerprint density at radius 2 is 2.00 bits per heavy atom. The van der Waals surface area contributed by atoms with Crippen LogP contribution in [-0.2, 0) is 4.79 Å². The SMILES string of the molecule is Cc1c(NC(=O)C(C)CN)cccc1C(=O)N1CCCC1. The summed E-state index contributed by atoms with van der Waals surface area (Å²) >= 11 is 0. The van der Waals surface area contributed by atoms with Gasteiger partial charge in [-0.25, -0.2) is 0 Å². The molecule has 1 aromatic carbocycles.